The van der Waals surface area contributed by atoms with Gasteiger partial charge in [-0.2, -0.15) is 8.42 Å². The maximum absolute atomic E-state index is 10.4. The summed E-state index contributed by atoms with van der Waals surface area (Å²) < 4.78 is 30.2. The summed E-state index contributed by atoms with van der Waals surface area (Å²) >= 11 is 0. The van der Waals surface area contributed by atoms with E-state index in [1.54, 1.807) is 0 Å². The van der Waals surface area contributed by atoms with Gasteiger partial charge < -0.3 is 4.74 Å². The summed E-state index contributed by atoms with van der Waals surface area (Å²) in [6.45, 7) is 0.886. The third-order valence-electron chi connectivity index (χ3n) is 1.26. The van der Waals surface area contributed by atoms with E-state index in [0.717, 1.165) is 19.3 Å². The van der Waals surface area contributed by atoms with Crippen molar-refractivity contribution in [2.45, 2.75) is 12.5 Å². The van der Waals surface area contributed by atoms with E-state index in [-0.39, 0.29) is 12.7 Å². The molecule has 0 aliphatic carbocycles. The SMILES string of the molecule is CS(=O)(=O)OC[C@@H]1CCO1. The summed E-state index contributed by atoms with van der Waals surface area (Å²) in [6.07, 6.45) is 1.93. The molecule has 0 unspecified atom stereocenters. The molecule has 5 heteroatoms. The molecule has 4 nitrogen and oxygen atoms in total. The molecule has 0 spiro atoms. The van der Waals surface area contributed by atoms with E-state index in [9.17, 15) is 8.42 Å². The Morgan fingerprint density at radius 1 is 1.70 bits per heavy atom. The quantitative estimate of drug-likeness (QED) is 0.542. The Morgan fingerprint density at radius 2 is 2.30 bits per heavy atom. The van der Waals surface area contributed by atoms with Gasteiger partial charge in [0.25, 0.3) is 10.1 Å². The molecule has 1 saturated heterocycles. The van der Waals surface area contributed by atoms with Crippen LogP contribution in [0, 0.1) is 0 Å². The third kappa shape index (κ3) is 2.64. The van der Waals surface area contributed by atoms with Crippen LogP contribution in [0.5, 0.6) is 0 Å². The van der Waals surface area contributed by atoms with Crippen LogP contribution in [0.4, 0.5) is 0 Å². The first-order chi connectivity index (χ1) is 4.58. The van der Waals surface area contributed by atoms with E-state index in [4.69, 9.17) is 4.74 Å². The van der Waals surface area contributed by atoms with E-state index < -0.39 is 10.1 Å². The van der Waals surface area contributed by atoms with Crippen LogP contribution < -0.4 is 0 Å². The Balaban J connectivity index is 2.16. The average molecular weight is 166 g/mol. The molecule has 1 aliphatic heterocycles. The Morgan fingerprint density at radius 3 is 2.60 bits per heavy atom. The molecule has 1 atom stereocenters. The highest BCUT2D eigenvalue weighted by Crippen LogP contribution is 2.11. The topological polar surface area (TPSA) is 52.6 Å². The van der Waals surface area contributed by atoms with Crippen molar-refractivity contribution in [3.05, 3.63) is 0 Å². The van der Waals surface area contributed by atoms with Crippen LogP contribution >= 0.6 is 0 Å². The van der Waals surface area contributed by atoms with Gasteiger partial charge in [-0.15, -0.1) is 0 Å². The van der Waals surface area contributed by atoms with Gasteiger partial charge in [-0.1, -0.05) is 0 Å². The summed E-state index contributed by atoms with van der Waals surface area (Å²) in [4.78, 5) is 0. The summed E-state index contributed by atoms with van der Waals surface area (Å²) in [6, 6.07) is 0. The number of ether oxygens (including phenoxy) is 1. The zero-order valence-electron chi connectivity index (χ0n) is 5.74. The lowest BCUT2D eigenvalue weighted by atomic mass is 10.2. The average Bonchev–Trinajstić information content (AvgIpc) is 1.56. The predicted molar refractivity (Wildman–Crippen MR) is 35.2 cm³/mol. The fourth-order valence-corrected chi connectivity index (χ4v) is 1.01. The fourth-order valence-electron chi connectivity index (χ4n) is 0.615. The molecule has 0 N–H and O–H groups in total. The highest BCUT2D eigenvalue weighted by Gasteiger charge is 2.19. The second-order valence-electron chi connectivity index (χ2n) is 2.27. The number of rotatable bonds is 3. The summed E-state index contributed by atoms with van der Waals surface area (Å²) in [7, 11) is -3.28. The lowest BCUT2D eigenvalue weighted by Gasteiger charge is -2.25. The first-order valence-corrected chi connectivity index (χ1v) is 4.85. The van der Waals surface area contributed by atoms with Gasteiger partial charge >= 0.3 is 0 Å². The normalized spacial score (nSPS) is 25.9. The molecule has 0 amide bonds. The van der Waals surface area contributed by atoms with Gasteiger partial charge in [-0.25, -0.2) is 0 Å². The van der Waals surface area contributed by atoms with Crippen molar-refractivity contribution < 1.29 is 17.3 Å². The molecule has 0 bridgehead atoms. The number of hydrogen-bond acceptors (Lipinski definition) is 4. The van der Waals surface area contributed by atoms with Gasteiger partial charge in [0.15, 0.2) is 0 Å². The molecule has 1 heterocycles. The van der Waals surface area contributed by atoms with Gasteiger partial charge in [-0.05, 0) is 6.42 Å². The van der Waals surface area contributed by atoms with E-state index in [1.807, 2.05) is 0 Å². The monoisotopic (exact) mass is 166 g/mol. The zero-order chi connectivity index (χ0) is 7.61. The van der Waals surface area contributed by atoms with Gasteiger partial charge in [0.1, 0.15) is 0 Å². The van der Waals surface area contributed by atoms with Crippen molar-refractivity contribution in [2.24, 2.45) is 0 Å². The van der Waals surface area contributed by atoms with Gasteiger partial charge in [0.2, 0.25) is 0 Å². The molecule has 60 valence electrons. The molecule has 1 aliphatic rings. The molecule has 0 aromatic heterocycles. The van der Waals surface area contributed by atoms with Crippen LogP contribution in [0.3, 0.4) is 0 Å². The zero-order valence-corrected chi connectivity index (χ0v) is 6.56. The van der Waals surface area contributed by atoms with Crippen molar-refractivity contribution in [3.63, 3.8) is 0 Å². The Labute approximate surface area is 60.3 Å². The van der Waals surface area contributed by atoms with Crippen LogP contribution in [0.25, 0.3) is 0 Å². The standard InChI is InChI=1S/C5H10O4S/c1-10(6,7)9-4-5-2-3-8-5/h5H,2-4H2,1H3/t5-/m0/s1. The largest absolute Gasteiger partial charge is 0.376 e. The summed E-state index contributed by atoms with van der Waals surface area (Å²) in [5, 5.41) is 0. The fraction of sp³-hybridized carbons (Fsp3) is 1.00. The van der Waals surface area contributed by atoms with Crippen molar-refractivity contribution in [2.75, 3.05) is 19.5 Å². The van der Waals surface area contributed by atoms with Crippen molar-refractivity contribution in [1.82, 2.24) is 0 Å². The summed E-state index contributed by atoms with van der Waals surface area (Å²) in [5.41, 5.74) is 0. The molecule has 1 rings (SSSR count). The molecule has 0 aromatic rings. The van der Waals surface area contributed by atoms with Crippen LogP contribution in [-0.2, 0) is 19.0 Å². The van der Waals surface area contributed by atoms with Gasteiger partial charge in [0, 0.05) is 6.61 Å². The van der Waals surface area contributed by atoms with Crippen molar-refractivity contribution in [1.29, 1.82) is 0 Å². The maximum Gasteiger partial charge on any atom is 0.264 e. The molecule has 0 aromatic carbocycles. The van der Waals surface area contributed by atoms with Crippen LogP contribution in [-0.4, -0.2) is 34.0 Å². The molecule has 10 heavy (non-hydrogen) atoms. The van der Waals surface area contributed by atoms with Crippen molar-refractivity contribution in [3.8, 4) is 0 Å². The van der Waals surface area contributed by atoms with Crippen molar-refractivity contribution >= 4 is 10.1 Å². The van der Waals surface area contributed by atoms with Gasteiger partial charge in [0.05, 0.1) is 19.0 Å². The first-order valence-electron chi connectivity index (χ1n) is 3.04. The molecular formula is C5H10O4S. The van der Waals surface area contributed by atoms with E-state index >= 15 is 0 Å². The van der Waals surface area contributed by atoms with Crippen LogP contribution in [0.1, 0.15) is 6.42 Å². The van der Waals surface area contributed by atoms with Crippen LogP contribution in [0.15, 0.2) is 0 Å². The smallest absolute Gasteiger partial charge is 0.264 e. The minimum atomic E-state index is -3.28. The van der Waals surface area contributed by atoms with E-state index in [1.165, 1.54) is 0 Å². The maximum atomic E-state index is 10.4. The lowest BCUT2D eigenvalue weighted by molar-refractivity contribution is -0.0709. The molecule has 1 fully saturated rings. The van der Waals surface area contributed by atoms with E-state index in [2.05, 4.69) is 4.18 Å². The Bertz CT molecular complexity index is 192. The second-order valence-corrected chi connectivity index (χ2v) is 3.91. The Hall–Kier alpha value is -0.130. The predicted octanol–water partition coefficient (Wildman–Crippen LogP) is -0.248. The third-order valence-corrected chi connectivity index (χ3v) is 1.83. The molecule has 0 radical (unpaired) electrons. The minimum Gasteiger partial charge on any atom is -0.376 e. The second kappa shape index (κ2) is 2.86. The highest BCUT2D eigenvalue weighted by molar-refractivity contribution is 7.85. The minimum absolute atomic E-state index is 0.00488. The van der Waals surface area contributed by atoms with Crippen LogP contribution in [0.2, 0.25) is 0 Å². The molecule has 0 saturated carbocycles. The highest BCUT2D eigenvalue weighted by atomic mass is 32.2. The van der Waals surface area contributed by atoms with Gasteiger partial charge in [-0.3, -0.25) is 4.18 Å². The van der Waals surface area contributed by atoms with E-state index in [0.29, 0.717) is 0 Å². The number of hydrogen-bond donors (Lipinski definition) is 0. The molecular weight excluding hydrogens is 156 g/mol. The first kappa shape index (κ1) is 7.97. The lowest BCUT2D eigenvalue weighted by Crippen LogP contribution is -2.32. The Kier molecular flexibility index (Phi) is 2.28. The summed E-state index contributed by atoms with van der Waals surface area (Å²) in [5.74, 6) is 0.